The van der Waals surface area contributed by atoms with E-state index >= 15 is 0 Å². The third-order valence-corrected chi connectivity index (χ3v) is 5.24. The summed E-state index contributed by atoms with van der Waals surface area (Å²) in [6.07, 6.45) is 7.41. The second-order valence-corrected chi connectivity index (χ2v) is 7.33. The zero-order valence-corrected chi connectivity index (χ0v) is 16.2. The molecular weight excluding hydrogens is 320 g/mol. The highest BCUT2D eigenvalue weighted by Gasteiger charge is 2.24. The Balaban J connectivity index is 1.52. The lowest BCUT2D eigenvalue weighted by Crippen LogP contribution is -2.25. The van der Waals surface area contributed by atoms with E-state index in [0.717, 1.165) is 12.8 Å². The van der Waals surface area contributed by atoms with Gasteiger partial charge >= 0.3 is 0 Å². The molecule has 1 heterocycles. The lowest BCUT2D eigenvalue weighted by atomic mass is 10.0. The topological polar surface area (TPSA) is 18.5 Å². The summed E-state index contributed by atoms with van der Waals surface area (Å²) in [4.78, 5) is 0. The minimum atomic E-state index is 0.0512. The van der Waals surface area contributed by atoms with Crippen molar-refractivity contribution in [1.82, 2.24) is 0 Å². The number of hydrogen-bond acceptors (Lipinski definition) is 2. The fourth-order valence-corrected chi connectivity index (χ4v) is 3.45. The molecular formula is C24H32O2. The van der Waals surface area contributed by atoms with Crippen molar-refractivity contribution in [2.24, 2.45) is 0 Å². The van der Waals surface area contributed by atoms with Crippen molar-refractivity contribution in [2.75, 3.05) is 13.2 Å². The quantitative estimate of drug-likeness (QED) is 0.563. The molecule has 1 aliphatic heterocycles. The van der Waals surface area contributed by atoms with Crippen LogP contribution >= 0.6 is 0 Å². The molecule has 1 saturated heterocycles. The van der Waals surface area contributed by atoms with E-state index in [9.17, 15) is 0 Å². The van der Waals surface area contributed by atoms with E-state index in [2.05, 4.69) is 62.4 Å². The van der Waals surface area contributed by atoms with Crippen LogP contribution in [-0.2, 0) is 22.3 Å². The van der Waals surface area contributed by atoms with E-state index in [1.54, 1.807) is 0 Å². The van der Waals surface area contributed by atoms with Crippen LogP contribution in [-0.4, -0.2) is 13.2 Å². The Morgan fingerprint density at radius 2 is 1.04 bits per heavy atom. The maximum absolute atomic E-state index is 6.12. The number of aryl methyl sites for hydroxylation is 2. The zero-order chi connectivity index (χ0) is 18.2. The summed E-state index contributed by atoms with van der Waals surface area (Å²) in [5.74, 6) is 0. The van der Waals surface area contributed by atoms with Crippen LogP contribution in [0.5, 0.6) is 0 Å². The third kappa shape index (κ3) is 5.18. The smallest absolute Gasteiger partial charge is 0.106 e. The molecule has 0 aliphatic carbocycles. The summed E-state index contributed by atoms with van der Waals surface area (Å²) in [5.41, 5.74) is 5.26. The van der Waals surface area contributed by atoms with Gasteiger partial charge in [0.2, 0.25) is 0 Å². The second-order valence-electron chi connectivity index (χ2n) is 7.33. The van der Waals surface area contributed by atoms with Crippen LogP contribution in [0.4, 0.5) is 0 Å². The number of unbranched alkanes of at least 4 members (excludes halogenated alkanes) is 2. The van der Waals surface area contributed by atoms with Gasteiger partial charge in [0.15, 0.2) is 0 Å². The van der Waals surface area contributed by atoms with Gasteiger partial charge in [0.25, 0.3) is 0 Å². The van der Waals surface area contributed by atoms with Gasteiger partial charge in [-0.1, -0.05) is 75.2 Å². The van der Waals surface area contributed by atoms with Crippen molar-refractivity contribution >= 4 is 0 Å². The van der Waals surface area contributed by atoms with Crippen molar-refractivity contribution in [3.63, 3.8) is 0 Å². The number of hydrogen-bond donors (Lipinski definition) is 0. The average Bonchev–Trinajstić information content (AvgIpc) is 2.72. The summed E-state index contributed by atoms with van der Waals surface area (Å²) in [7, 11) is 0. The van der Waals surface area contributed by atoms with Crippen LogP contribution in [0.2, 0.25) is 0 Å². The van der Waals surface area contributed by atoms with E-state index in [0.29, 0.717) is 13.2 Å². The second kappa shape index (κ2) is 9.89. The molecule has 0 N–H and O–H groups in total. The molecule has 26 heavy (non-hydrogen) atoms. The Hall–Kier alpha value is -1.64. The van der Waals surface area contributed by atoms with E-state index in [1.807, 2.05) is 0 Å². The molecule has 0 bridgehead atoms. The van der Waals surface area contributed by atoms with Gasteiger partial charge < -0.3 is 9.47 Å². The largest absolute Gasteiger partial charge is 0.368 e. The molecule has 2 unspecified atom stereocenters. The van der Waals surface area contributed by atoms with Gasteiger partial charge in [-0.15, -0.1) is 0 Å². The summed E-state index contributed by atoms with van der Waals surface area (Å²) in [6, 6.07) is 17.7. The van der Waals surface area contributed by atoms with E-state index < -0.39 is 0 Å². The molecule has 0 spiro atoms. The Bertz CT molecular complexity index is 577. The molecule has 140 valence electrons. The fourth-order valence-electron chi connectivity index (χ4n) is 3.45. The predicted molar refractivity (Wildman–Crippen MR) is 107 cm³/mol. The normalized spacial score (nSPS) is 20.2. The van der Waals surface area contributed by atoms with Gasteiger partial charge in [-0.3, -0.25) is 0 Å². The molecule has 2 aromatic rings. The van der Waals surface area contributed by atoms with Crippen molar-refractivity contribution in [3.8, 4) is 0 Å². The summed E-state index contributed by atoms with van der Waals surface area (Å²) < 4.78 is 12.2. The molecule has 0 radical (unpaired) electrons. The lowest BCUT2D eigenvalue weighted by Gasteiger charge is -2.30. The fraction of sp³-hybridized carbons (Fsp3) is 0.500. The van der Waals surface area contributed by atoms with Gasteiger partial charge in [-0.25, -0.2) is 0 Å². The van der Waals surface area contributed by atoms with Crippen LogP contribution in [0.15, 0.2) is 48.5 Å². The molecule has 0 saturated carbocycles. The van der Waals surface area contributed by atoms with E-state index in [1.165, 1.54) is 47.9 Å². The Morgan fingerprint density at radius 1 is 0.654 bits per heavy atom. The van der Waals surface area contributed by atoms with Crippen LogP contribution in [0.1, 0.15) is 74.0 Å². The SMILES string of the molecule is CCCCc1ccc(C2COC(c3ccc(CCCC)cc3)CO2)cc1. The van der Waals surface area contributed by atoms with Gasteiger partial charge in [0.1, 0.15) is 12.2 Å². The van der Waals surface area contributed by atoms with Crippen molar-refractivity contribution in [2.45, 2.75) is 64.6 Å². The molecule has 2 heteroatoms. The van der Waals surface area contributed by atoms with Crippen molar-refractivity contribution in [1.29, 1.82) is 0 Å². The first kappa shape index (κ1) is 19.1. The van der Waals surface area contributed by atoms with Crippen LogP contribution in [0, 0.1) is 0 Å². The van der Waals surface area contributed by atoms with Gasteiger partial charge in [0.05, 0.1) is 13.2 Å². The summed E-state index contributed by atoms with van der Waals surface area (Å²) in [5, 5.41) is 0. The van der Waals surface area contributed by atoms with Crippen LogP contribution < -0.4 is 0 Å². The van der Waals surface area contributed by atoms with Gasteiger partial charge in [-0.2, -0.15) is 0 Å². The maximum Gasteiger partial charge on any atom is 0.106 e. The molecule has 2 atom stereocenters. The zero-order valence-electron chi connectivity index (χ0n) is 16.2. The Morgan fingerprint density at radius 3 is 1.35 bits per heavy atom. The van der Waals surface area contributed by atoms with Gasteiger partial charge in [-0.05, 0) is 47.9 Å². The molecule has 3 rings (SSSR count). The molecule has 0 aromatic heterocycles. The van der Waals surface area contributed by atoms with Crippen LogP contribution in [0.25, 0.3) is 0 Å². The summed E-state index contributed by atoms with van der Waals surface area (Å²) in [6.45, 7) is 5.71. The molecule has 0 amide bonds. The Kier molecular flexibility index (Phi) is 7.28. The van der Waals surface area contributed by atoms with Crippen molar-refractivity contribution in [3.05, 3.63) is 70.8 Å². The number of benzene rings is 2. The minimum Gasteiger partial charge on any atom is -0.368 e. The third-order valence-electron chi connectivity index (χ3n) is 5.24. The van der Waals surface area contributed by atoms with Crippen LogP contribution in [0.3, 0.4) is 0 Å². The first-order valence-corrected chi connectivity index (χ1v) is 10.2. The molecule has 2 nitrogen and oxygen atoms in total. The standard InChI is InChI=1S/C24H32O2/c1-3-5-7-19-9-13-21(14-10-19)23-17-26-24(18-25-23)22-15-11-20(12-16-22)8-6-4-2/h9-16,23-24H,3-8,17-18H2,1-2H3. The summed E-state index contributed by atoms with van der Waals surface area (Å²) >= 11 is 0. The predicted octanol–water partition coefficient (Wildman–Crippen LogP) is 6.20. The molecule has 1 fully saturated rings. The van der Waals surface area contributed by atoms with Gasteiger partial charge in [0, 0.05) is 0 Å². The molecule has 1 aliphatic rings. The van der Waals surface area contributed by atoms with E-state index in [4.69, 9.17) is 9.47 Å². The first-order chi connectivity index (χ1) is 12.8. The Labute approximate surface area is 158 Å². The number of rotatable bonds is 8. The van der Waals surface area contributed by atoms with Crippen molar-refractivity contribution < 1.29 is 9.47 Å². The van der Waals surface area contributed by atoms with E-state index in [-0.39, 0.29) is 12.2 Å². The maximum atomic E-state index is 6.12. The average molecular weight is 353 g/mol. The lowest BCUT2D eigenvalue weighted by molar-refractivity contribution is -0.137. The highest BCUT2D eigenvalue weighted by atomic mass is 16.6. The monoisotopic (exact) mass is 352 g/mol. The molecule has 2 aromatic carbocycles. The highest BCUT2D eigenvalue weighted by molar-refractivity contribution is 5.26. The minimum absolute atomic E-state index is 0.0512. The number of ether oxygens (including phenoxy) is 2. The first-order valence-electron chi connectivity index (χ1n) is 10.2. The highest BCUT2D eigenvalue weighted by Crippen LogP contribution is 2.30.